The van der Waals surface area contributed by atoms with Crippen LogP contribution in [0.4, 0.5) is 0 Å². The number of carbonyl (C=O) groups is 3. The fraction of sp³-hybridized carbons (Fsp3) is 0.258. The summed E-state index contributed by atoms with van der Waals surface area (Å²) in [5.74, 6) is -0.108. The van der Waals surface area contributed by atoms with Gasteiger partial charge in [-0.3, -0.25) is 14.5 Å². The van der Waals surface area contributed by atoms with Crippen molar-refractivity contribution in [3.8, 4) is 5.75 Å². The third-order valence-corrected chi connectivity index (χ3v) is 8.05. The molecule has 0 radical (unpaired) electrons. The molecule has 0 saturated carbocycles. The molecule has 2 heterocycles. The van der Waals surface area contributed by atoms with E-state index in [9.17, 15) is 14.4 Å². The molecule has 0 spiro atoms. The number of rotatable bonds is 9. The van der Waals surface area contributed by atoms with Gasteiger partial charge in [-0.05, 0) is 34.8 Å². The van der Waals surface area contributed by atoms with Gasteiger partial charge in [0, 0.05) is 5.75 Å². The highest BCUT2D eigenvalue weighted by Crippen LogP contribution is 2.43. The summed E-state index contributed by atoms with van der Waals surface area (Å²) < 4.78 is 11.7. The molecule has 8 heteroatoms. The largest absolute Gasteiger partial charge is 0.484 e. The minimum atomic E-state index is -0.738. The van der Waals surface area contributed by atoms with E-state index < -0.39 is 29.4 Å². The lowest BCUT2D eigenvalue weighted by atomic mass is 9.96. The van der Waals surface area contributed by atoms with Gasteiger partial charge >= 0.3 is 5.97 Å². The van der Waals surface area contributed by atoms with E-state index >= 15 is 0 Å². The number of β-lactam (4-membered cyclic amide) rings is 1. The first-order chi connectivity index (χ1) is 18.9. The number of carbonyl (C=O) groups excluding carboxylic acids is 3. The Morgan fingerprint density at radius 2 is 1.49 bits per heavy atom. The zero-order chi connectivity index (χ0) is 27.4. The van der Waals surface area contributed by atoms with Crippen molar-refractivity contribution >= 4 is 29.5 Å². The molecule has 2 aliphatic heterocycles. The maximum atomic E-state index is 13.8. The maximum Gasteiger partial charge on any atom is 0.356 e. The highest BCUT2D eigenvalue weighted by molar-refractivity contribution is 8.00. The van der Waals surface area contributed by atoms with Crippen molar-refractivity contribution in [1.82, 2.24) is 10.2 Å². The zero-order valence-corrected chi connectivity index (χ0v) is 22.6. The Balaban J connectivity index is 1.34. The highest BCUT2D eigenvalue weighted by atomic mass is 32.2. The number of hydrogen-bond donors (Lipinski definition) is 1. The topological polar surface area (TPSA) is 84.9 Å². The van der Waals surface area contributed by atoms with Gasteiger partial charge in [0.05, 0.1) is 0 Å². The fourth-order valence-corrected chi connectivity index (χ4v) is 6.26. The van der Waals surface area contributed by atoms with Gasteiger partial charge < -0.3 is 14.8 Å². The van der Waals surface area contributed by atoms with Crippen LogP contribution in [0, 0.1) is 5.92 Å². The molecular weight excluding hydrogens is 512 g/mol. The molecule has 39 heavy (non-hydrogen) atoms. The predicted octanol–water partition coefficient (Wildman–Crippen LogP) is 4.71. The van der Waals surface area contributed by atoms with Crippen LogP contribution in [-0.2, 0) is 19.1 Å². The van der Waals surface area contributed by atoms with Crippen LogP contribution < -0.4 is 10.1 Å². The minimum absolute atomic E-state index is 0.0358. The Morgan fingerprint density at radius 1 is 0.923 bits per heavy atom. The van der Waals surface area contributed by atoms with Crippen LogP contribution in [0.15, 0.2) is 102 Å². The molecule has 3 aromatic carbocycles. The van der Waals surface area contributed by atoms with E-state index in [-0.39, 0.29) is 24.1 Å². The first-order valence-corrected chi connectivity index (χ1v) is 13.9. The summed E-state index contributed by atoms with van der Waals surface area (Å²) in [6.45, 7) is 3.79. The lowest BCUT2D eigenvalue weighted by Crippen LogP contribution is -2.71. The number of thioether (sulfide) groups is 1. The van der Waals surface area contributed by atoms with E-state index in [1.54, 1.807) is 12.1 Å². The number of nitrogens with zero attached hydrogens (tertiary/aromatic N) is 1. The van der Waals surface area contributed by atoms with Crippen LogP contribution in [0.5, 0.6) is 5.75 Å². The van der Waals surface area contributed by atoms with Crippen LogP contribution in [0.25, 0.3) is 0 Å². The summed E-state index contributed by atoms with van der Waals surface area (Å²) in [5.41, 5.74) is 2.81. The first kappa shape index (κ1) is 26.6. The molecule has 7 nitrogen and oxygen atoms in total. The van der Waals surface area contributed by atoms with E-state index in [1.165, 1.54) is 16.7 Å². The van der Waals surface area contributed by atoms with Crippen molar-refractivity contribution in [2.24, 2.45) is 5.92 Å². The fourth-order valence-electron chi connectivity index (χ4n) is 4.70. The Labute approximate surface area is 232 Å². The van der Waals surface area contributed by atoms with E-state index in [2.05, 4.69) is 5.32 Å². The summed E-state index contributed by atoms with van der Waals surface area (Å²) >= 11 is 1.53. The van der Waals surface area contributed by atoms with Gasteiger partial charge in [0.25, 0.3) is 11.8 Å². The molecule has 1 N–H and O–H groups in total. The summed E-state index contributed by atoms with van der Waals surface area (Å²) in [7, 11) is 0. The van der Waals surface area contributed by atoms with Crippen molar-refractivity contribution in [3.63, 3.8) is 0 Å². The normalized spacial score (nSPS) is 18.5. The van der Waals surface area contributed by atoms with E-state index in [4.69, 9.17) is 9.47 Å². The smallest absolute Gasteiger partial charge is 0.356 e. The Hall–Kier alpha value is -4.04. The molecule has 200 valence electrons. The summed E-state index contributed by atoms with van der Waals surface area (Å²) in [5, 5.41) is 2.39. The second-order valence-electron chi connectivity index (χ2n) is 9.69. The third kappa shape index (κ3) is 5.71. The number of amides is 2. The molecule has 1 saturated heterocycles. The summed E-state index contributed by atoms with van der Waals surface area (Å²) in [6, 6.07) is 27.4. The predicted molar refractivity (Wildman–Crippen MR) is 150 cm³/mol. The number of benzene rings is 3. The van der Waals surface area contributed by atoms with Gasteiger partial charge in [0.2, 0.25) is 0 Å². The van der Waals surface area contributed by atoms with Crippen molar-refractivity contribution < 1.29 is 23.9 Å². The number of hydrogen-bond acceptors (Lipinski definition) is 6. The quantitative estimate of drug-likeness (QED) is 0.312. The van der Waals surface area contributed by atoms with Crippen molar-refractivity contribution in [2.75, 3.05) is 12.4 Å². The minimum Gasteiger partial charge on any atom is -0.484 e. The Morgan fingerprint density at radius 3 is 2.05 bits per heavy atom. The van der Waals surface area contributed by atoms with Crippen molar-refractivity contribution in [2.45, 2.75) is 31.4 Å². The van der Waals surface area contributed by atoms with E-state index in [0.717, 1.165) is 16.7 Å². The SMILES string of the molecule is CC(C)C1=C(C(=O)OC(c2ccccc2)c2ccccc2)N2C(=O)C(NC(=O)COc3ccccc3)[C@@H]2SC1. The van der Waals surface area contributed by atoms with Crippen molar-refractivity contribution in [1.29, 1.82) is 0 Å². The molecule has 1 fully saturated rings. The average Bonchev–Trinajstić information content (AvgIpc) is 2.98. The van der Waals surface area contributed by atoms with Gasteiger partial charge in [-0.2, -0.15) is 0 Å². The molecule has 5 rings (SSSR count). The second-order valence-corrected chi connectivity index (χ2v) is 10.8. The molecular formula is C31H30N2O5S. The Bertz CT molecular complexity index is 1320. The lowest BCUT2D eigenvalue weighted by molar-refractivity contribution is -0.155. The summed E-state index contributed by atoms with van der Waals surface area (Å²) in [4.78, 5) is 41.2. The van der Waals surface area contributed by atoms with E-state index in [0.29, 0.717) is 11.5 Å². The number of esters is 1. The van der Waals surface area contributed by atoms with Crippen LogP contribution in [0.1, 0.15) is 31.1 Å². The second kappa shape index (κ2) is 11.8. The molecule has 0 aliphatic carbocycles. The molecule has 2 amide bonds. The third-order valence-electron chi connectivity index (χ3n) is 6.75. The number of para-hydroxylation sites is 1. The number of fused-ring (bicyclic) bond motifs is 1. The zero-order valence-electron chi connectivity index (χ0n) is 21.8. The number of nitrogens with one attached hydrogen (secondary N) is 1. The molecule has 3 aromatic rings. The van der Waals surface area contributed by atoms with Crippen LogP contribution in [-0.4, -0.2) is 46.5 Å². The van der Waals surface area contributed by atoms with Gasteiger partial charge in [0.15, 0.2) is 12.7 Å². The van der Waals surface area contributed by atoms with Crippen LogP contribution in [0.3, 0.4) is 0 Å². The highest BCUT2D eigenvalue weighted by Gasteiger charge is 2.54. The summed E-state index contributed by atoms with van der Waals surface area (Å²) in [6.07, 6.45) is -0.629. The first-order valence-electron chi connectivity index (χ1n) is 12.9. The van der Waals surface area contributed by atoms with Crippen molar-refractivity contribution in [3.05, 3.63) is 113 Å². The van der Waals surface area contributed by atoms with Gasteiger partial charge in [-0.15, -0.1) is 11.8 Å². The average molecular weight is 543 g/mol. The maximum absolute atomic E-state index is 13.8. The Kier molecular flexibility index (Phi) is 8.02. The monoisotopic (exact) mass is 542 g/mol. The molecule has 2 aliphatic rings. The van der Waals surface area contributed by atoms with Crippen LogP contribution >= 0.6 is 11.8 Å². The molecule has 0 aromatic heterocycles. The van der Waals surface area contributed by atoms with Gasteiger partial charge in [0.1, 0.15) is 22.9 Å². The number of ether oxygens (including phenoxy) is 2. The molecule has 1 unspecified atom stereocenters. The molecule has 0 bridgehead atoms. The van der Waals surface area contributed by atoms with E-state index in [1.807, 2.05) is 92.7 Å². The van der Waals surface area contributed by atoms with Crippen LogP contribution in [0.2, 0.25) is 0 Å². The molecule has 2 atom stereocenters. The van der Waals surface area contributed by atoms with Gasteiger partial charge in [-0.25, -0.2) is 4.79 Å². The van der Waals surface area contributed by atoms with Gasteiger partial charge in [-0.1, -0.05) is 92.7 Å². The standard InChI is InChI=1S/C31H30N2O5S/c1-20(2)24-19-39-30-26(32-25(34)18-37-23-16-10-5-11-17-23)29(35)33(30)27(24)31(36)38-28(21-12-6-3-7-13-21)22-14-8-4-9-15-22/h3-17,20,26,28,30H,18-19H2,1-2H3,(H,32,34)/t26?,30-/m0/s1. The lowest BCUT2D eigenvalue weighted by Gasteiger charge is -2.50.